The summed E-state index contributed by atoms with van der Waals surface area (Å²) in [6.45, 7) is 0. The largest absolute Gasteiger partial charge is 0.469 e. The fourth-order valence-corrected chi connectivity index (χ4v) is 1.44. The fraction of sp³-hybridized carbons (Fsp3) is 1.00. The first-order chi connectivity index (χ1) is 10.4. The van der Waals surface area contributed by atoms with Crippen LogP contribution < -0.4 is 0 Å². The quantitative estimate of drug-likeness (QED) is 0.371. The van der Waals surface area contributed by atoms with E-state index in [1.54, 1.807) is 0 Å². The second-order valence-electron chi connectivity index (χ2n) is 3.91. The van der Waals surface area contributed by atoms with Crippen LogP contribution in [-0.2, 0) is 10.2 Å². The molecule has 0 unspecified atom stereocenters. The third-order valence-electron chi connectivity index (χ3n) is 2.18. The smallest absolute Gasteiger partial charge is 0.188 e. The molecule has 0 fully saturated rings. The summed E-state index contributed by atoms with van der Waals surface area (Å²) in [6, 6.07) is -24.4. The molecule has 0 rings (SSSR count). The molecule has 0 aromatic carbocycles. The molecule has 19 heteroatoms. The van der Waals surface area contributed by atoms with Gasteiger partial charge in [0.15, 0.2) is 0 Å². The molecule has 0 bridgehead atoms. The lowest BCUT2D eigenvalue weighted by Gasteiger charge is -2.42. The average Bonchev–Trinajstić information content (AvgIpc) is 2.21. The van der Waals surface area contributed by atoms with Crippen molar-refractivity contribution in [3.8, 4) is 0 Å². The van der Waals surface area contributed by atoms with Gasteiger partial charge in [-0.3, -0.25) is 0 Å². The maximum atomic E-state index is 13.0. The summed E-state index contributed by atoms with van der Waals surface area (Å²) in [5.74, 6) is 0. The number of hydrogen-bond acceptors (Lipinski definition) is 3. The van der Waals surface area contributed by atoms with Gasteiger partial charge in [0.1, 0.15) is 0 Å². The Morgan fingerprint density at radius 2 is 0.760 bits per heavy atom. The lowest BCUT2D eigenvalue weighted by molar-refractivity contribution is -0.490. The molecule has 25 heavy (non-hydrogen) atoms. The minimum atomic E-state index is -8.24. The highest BCUT2D eigenvalue weighted by Gasteiger charge is 2.86. The van der Waals surface area contributed by atoms with Crippen LogP contribution in [0.5, 0.6) is 0 Å². The molecule has 0 aliphatic rings. The van der Waals surface area contributed by atoms with Gasteiger partial charge in [-0.1, -0.05) is 8.79 Å². The van der Waals surface area contributed by atoms with E-state index >= 15 is 0 Å². The summed E-state index contributed by atoms with van der Waals surface area (Å²) >= 11 is 0. The summed E-state index contributed by atoms with van der Waals surface area (Å²) in [6.07, 6.45) is -15.6. The van der Waals surface area contributed by atoms with Gasteiger partial charge in [0.25, 0.3) is 0 Å². The van der Waals surface area contributed by atoms with E-state index in [0.29, 0.717) is 0 Å². The fourth-order valence-electron chi connectivity index (χ4n) is 1.06. The van der Waals surface area contributed by atoms with Gasteiger partial charge < -0.3 is 0 Å². The van der Waals surface area contributed by atoms with Gasteiger partial charge in [-0.05, 0) is 0 Å². The molecule has 0 spiro atoms. The van der Waals surface area contributed by atoms with Crippen molar-refractivity contribution in [1.82, 2.24) is 4.90 Å². The van der Waals surface area contributed by atoms with Crippen LogP contribution in [0.2, 0.25) is 0 Å². The van der Waals surface area contributed by atoms with Crippen LogP contribution in [0, 0.1) is 0 Å². The topological polar surface area (TPSA) is 37.4 Å². The van der Waals surface area contributed by atoms with Crippen molar-refractivity contribution in [2.45, 2.75) is 35.7 Å². The van der Waals surface area contributed by atoms with Crippen molar-refractivity contribution >= 4 is 10.2 Å². The molecule has 152 valence electrons. The van der Waals surface area contributed by atoms with Crippen molar-refractivity contribution in [3.05, 3.63) is 0 Å². The van der Waals surface area contributed by atoms with Crippen molar-refractivity contribution < 1.29 is 73.8 Å². The van der Waals surface area contributed by atoms with Gasteiger partial charge in [0.05, 0.1) is 0 Å². The van der Waals surface area contributed by atoms with E-state index in [2.05, 4.69) is 0 Å². The third-order valence-corrected chi connectivity index (χ3v) is 3.04. The Hall–Kier alpha value is -1.14. The summed E-state index contributed by atoms with van der Waals surface area (Å²) in [7, 11) is -8.24. The zero-order valence-corrected chi connectivity index (χ0v) is 11.2. The standard InChI is InChI=1S/C6F15NO2S/c7-1(8,9)3(13,14)22(4(15,16)2(10,11)12)5(17,18)6(19,20)25(21,23)24. The maximum absolute atomic E-state index is 13.0. The van der Waals surface area contributed by atoms with E-state index < -0.39 is 50.9 Å². The van der Waals surface area contributed by atoms with Gasteiger partial charge in [0, 0.05) is 0 Å². The molecular weight excluding hydrogens is 435 g/mol. The molecule has 0 radical (unpaired) electrons. The Morgan fingerprint density at radius 3 is 0.920 bits per heavy atom. The highest BCUT2D eigenvalue weighted by atomic mass is 32.3. The highest BCUT2D eigenvalue weighted by molar-refractivity contribution is 7.87. The number of nitrogens with zero attached hydrogens (tertiary/aromatic N) is 1. The number of halogens is 15. The first-order valence-corrected chi connectivity index (χ1v) is 6.14. The molecule has 0 N–H and O–H groups in total. The van der Waals surface area contributed by atoms with Crippen LogP contribution in [0.3, 0.4) is 0 Å². The van der Waals surface area contributed by atoms with E-state index in [9.17, 15) is 73.8 Å². The minimum Gasteiger partial charge on any atom is -0.188 e. The van der Waals surface area contributed by atoms with Crippen molar-refractivity contribution in [1.29, 1.82) is 0 Å². The Kier molecular flexibility index (Phi) is 5.42. The lowest BCUT2D eigenvalue weighted by Crippen LogP contribution is -2.74. The molecule has 3 nitrogen and oxygen atoms in total. The second kappa shape index (κ2) is 5.68. The number of rotatable bonds is 5. The molecule has 0 saturated carbocycles. The maximum Gasteiger partial charge on any atom is 0.469 e. The molecule has 0 amide bonds. The second-order valence-corrected chi connectivity index (χ2v) is 5.30. The SMILES string of the molecule is O=S(=O)(F)C(F)(F)C(F)(F)N(C(F)(F)C(F)(F)F)C(F)(F)C(F)(F)F. The van der Waals surface area contributed by atoms with E-state index in [4.69, 9.17) is 0 Å². The van der Waals surface area contributed by atoms with E-state index in [-0.39, 0.29) is 0 Å². The molecule has 0 saturated heterocycles. The summed E-state index contributed by atoms with van der Waals surface area (Å²) in [5.41, 5.74) is 0. The van der Waals surface area contributed by atoms with Crippen molar-refractivity contribution in [2.75, 3.05) is 0 Å². The first kappa shape index (κ1) is 23.9. The Balaban J connectivity index is 6.98. The molecule has 0 heterocycles. The monoisotopic (exact) mass is 435 g/mol. The Bertz CT molecular complexity index is 574. The van der Waals surface area contributed by atoms with Crippen molar-refractivity contribution in [3.63, 3.8) is 0 Å². The van der Waals surface area contributed by atoms with E-state index in [1.807, 2.05) is 0 Å². The van der Waals surface area contributed by atoms with Crippen LogP contribution in [0.1, 0.15) is 0 Å². The molecule has 0 aromatic rings. The third kappa shape index (κ3) is 3.56. The average molecular weight is 435 g/mol. The van der Waals surface area contributed by atoms with Crippen LogP contribution in [0.25, 0.3) is 0 Å². The minimum absolute atomic E-state index is 4.76. The molecular formula is C6F15NO2S. The summed E-state index contributed by atoms with van der Waals surface area (Å²) < 4.78 is 205. The normalized spacial score (nSPS) is 16.5. The summed E-state index contributed by atoms with van der Waals surface area (Å²) in [5, 5.41) is -7.86. The number of alkyl halides is 14. The van der Waals surface area contributed by atoms with Gasteiger partial charge in [-0.15, -0.1) is 0 Å². The van der Waals surface area contributed by atoms with Gasteiger partial charge in [0.2, 0.25) is 0 Å². The predicted molar refractivity (Wildman–Crippen MR) is 43.8 cm³/mol. The number of hydrogen-bond donors (Lipinski definition) is 0. The van der Waals surface area contributed by atoms with Gasteiger partial charge >= 0.3 is 46.0 Å². The molecule has 0 aliphatic heterocycles. The molecule has 0 aliphatic carbocycles. The summed E-state index contributed by atoms with van der Waals surface area (Å²) in [4.78, 5) is -4.76. The van der Waals surface area contributed by atoms with Crippen LogP contribution in [0.4, 0.5) is 65.4 Å². The zero-order chi connectivity index (χ0) is 21.1. The highest BCUT2D eigenvalue weighted by Crippen LogP contribution is 2.56. The van der Waals surface area contributed by atoms with Gasteiger partial charge in [-0.2, -0.15) is 69.9 Å². The Labute approximate surface area is 126 Å². The van der Waals surface area contributed by atoms with Crippen LogP contribution >= 0.6 is 0 Å². The van der Waals surface area contributed by atoms with Crippen molar-refractivity contribution in [2.24, 2.45) is 0 Å². The predicted octanol–water partition coefficient (Wildman–Crippen LogP) is 4.08. The molecule has 0 aromatic heterocycles. The van der Waals surface area contributed by atoms with Crippen LogP contribution in [0.15, 0.2) is 0 Å². The first-order valence-electron chi connectivity index (χ1n) is 4.76. The van der Waals surface area contributed by atoms with Gasteiger partial charge in [-0.25, -0.2) is 0 Å². The van der Waals surface area contributed by atoms with E-state index in [0.717, 1.165) is 0 Å². The zero-order valence-electron chi connectivity index (χ0n) is 10.3. The van der Waals surface area contributed by atoms with E-state index in [1.165, 1.54) is 0 Å². The molecule has 0 atom stereocenters. The lowest BCUT2D eigenvalue weighted by atomic mass is 10.3. The van der Waals surface area contributed by atoms with Crippen LogP contribution in [-0.4, -0.2) is 49.1 Å². The Morgan fingerprint density at radius 1 is 0.520 bits per heavy atom.